The minimum atomic E-state index is 0.313. The molecule has 0 bridgehead atoms. The third-order valence-electron chi connectivity index (χ3n) is 4.29. The molecule has 142 valence electrons. The second kappa shape index (κ2) is 8.76. The number of nitrogens with one attached hydrogen (secondary N) is 1. The molecule has 0 saturated heterocycles. The summed E-state index contributed by atoms with van der Waals surface area (Å²) < 4.78 is 0.600. The van der Waals surface area contributed by atoms with Crippen LogP contribution in [0, 0.1) is 5.92 Å². The molecule has 0 saturated carbocycles. The van der Waals surface area contributed by atoms with Gasteiger partial charge in [-0.05, 0) is 49.1 Å². The number of thioether (sulfide) groups is 1. The first kappa shape index (κ1) is 20.4. The highest BCUT2D eigenvalue weighted by molar-refractivity contribution is 8.02. The standard InChI is InChI=1S/C20H23Cl2N4S/c1-14(2)19-20(27-18-9-16(21)8-17(22)10-18)26(12-23-3,13-25-19)11-15-4-6-24-7-5-15/h4-10,13-14,23H,11-12H2,1-3H3/q+1. The fraction of sp³-hybridized carbons (Fsp3) is 0.300. The van der Waals surface area contributed by atoms with Crippen LogP contribution in [-0.4, -0.2) is 29.5 Å². The summed E-state index contributed by atoms with van der Waals surface area (Å²) in [6.45, 7) is 5.87. The molecule has 0 spiro atoms. The van der Waals surface area contributed by atoms with Gasteiger partial charge in [0.1, 0.15) is 18.9 Å². The number of hydrogen-bond donors (Lipinski definition) is 1. The minimum Gasteiger partial charge on any atom is -0.273 e. The molecule has 0 radical (unpaired) electrons. The Morgan fingerprint density at radius 3 is 2.37 bits per heavy atom. The van der Waals surface area contributed by atoms with Crippen molar-refractivity contribution in [1.29, 1.82) is 0 Å². The van der Waals surface area contributed by atoms with E-state index in [2.05, 4.69) is 36.3 Å². The maximum Gasteiger partial charge on any atom is 0.201 e. The van der Waals surface area contributed by atoms with Crippen LogP contribution in [0.5, 0.6) is 0 Å². The first-order valence-electron chi connectivity index (χ1n) is 8.78. The van der Waals surface area contributed by atoms with E-state index in [0.29, 0.717) is 20.4 Å². The molecule has 4 nitrogen and oxygen atoms in total. The second-order valence-electron chi connectivity index (χ2n) is 6.86. The van der Waals surface area contributed by atoms with Crippen LogP contribution in [0.25, 0.3) is 0 Å². The van der Waals surface area contributed by atoms with Gasteiger partial charge in [0.25, 0.3) is 0 Å². The highest BCUT2D eigenvalue weighted by atomic mass is 35.5. The van der Waals surface area contributed by atoms with E-state index in [1.54, 1.807) is 17.8 Å². The lowest BCUT2D eigenvalue weighted by molar-refractivity contribution is -0.802. The summed E-state index contributed by atoms with van der Waals surface area (Å²) in [5.41, 5.74) is 2.30. The molecule has 0 aliphatic carbocycles. The number of pyridine rings is 1. The van der Waals surface area contributed by atoms with Crippen molar-refractivity contribution < 1.29 is 4.48 Å². The summed E-state index contributed by atoms with van der Waals surface area (Å²) in [4.78, 5) is 9.96. The molecule has 1 atom stereocenters. The van der Waals surface area contributed by atoms with Crippen LogP contribution in [-0.2, 0) is 6.54 Å². The molecule has 3 rings (SSSR count). The molecule has 1 aromatic heterocycles. The van der Waals surface area contributed by atoms with Crippen molar-refractivity contribution in [2.75, 3.05) is 13.7 Å². The number of hydrogen-bond acceptors (Lipinski definition) is 4. The van der Waals surface area contributed by atoms with E-state index in [1.807, 2.05) is 37.9 Å². The lowest BCUT2D eigenvalue weighted by Gasteiger charge is -2.32. The first-order chi connectivity index (χ1) is 12.9. The molecule has 27 heavy (non-hydrogen) atoms. The van der Waals surface area contributed by atoms with Crippen LogP contribution in [0.1, 0.15) is 19.4 Å². The Kier molecular flexibility index (Phi) is 6.61. The van der Waals surface area contributed by atoms with Gasteiger partial charge in [-0.2, -0.15) is 0 Å². The predicted molar refractivity (Wildman–Crippen MR) is 115 cm³/mol. The zero-order chi connectivity index (χ0) is 19.4. The van der Waals surface area contributed by atoms with Crippen LogP contribution >= 0.6 is 35.0 Å². The average molecular weight is 422 g/mol. The summed E-state index contributed by atoms with van der Waals surface area (Å²) in [6.07, 6.45) is 5.70. The van der Waals surface area contributed by atoms with E-state index in [-0.39, 0.29) is 0 Å². The van der Waals surface area contributed by atoms with Crippen LogP contribution in [0.3, 0.4) is 0 Å². The third kappa shape index (κ3) is 4.73. The molecule has 1 aromatic carbocycles. The lowest BCUT2D eigenvalue weighted by Crippen LogP contribution is -2.48. The fourth-order valence-electron chi connectivity index (χ4n) is 3.12. The molecule has 0 amide bonds. The molecule has 2 heterocycles. The van der Waals surface area contributed by atoms with Crippen LogP contribution in [0.4, 0.5) is 0 Å². The first-order valence-corrected chi connectivity index (χ1v) is 10.3. The van der Waals surface area contributed by atoms with Gasteiger partial charge in [0.2, 0.25) is 5.03 Å². The van der Waals surface area contributed by atoms with E-state index in [4.69, 9.17) is 28.2 Å². The largest absolute Gasteiger partial charge is 0.273 e. The van der Waals surface area contributed by atoms with Crippen LogP contribution in [0.15, 0.2) is 63.3 Å². The average Bonchev–Trinajstić information content (AvgIpc) is 2.93. The summed E-state index contributed by atoms with van der Waals surface area (Å²) >= 11 is 14.1. The summed E-state index contributed by atoms with van der Waals surface area (Å²) in [7, 11) is 1.96. The Morgan fingerprint density at radius 2 is 1.78 bits per heavy atom. The lowest BCUT2D eigenvalue weighted by atomic mass is 10.1. The van der Waals surface area contributed by atoms with Gasteiger partial charge in [0, 0.05) is 38.8 Å². The van der Waals surface area contributed by atoms with Gasteiger partial charge in [-0.1, -0.05) is 37.0 Å². The van der Waals surface area contributed by atoms with E-state index in [9.17, 15) is 0 Å². The second-order valence-corrected chi connectivity index (χ2v) is 8.79. The van der Waals surface area contributed by atoms with Crippen molar-refractivity contribution in [1.82, 2.24) is 10.3 Å². The number of rotatable bonds is 7. The predicted octanol–water partition coefficient (Wildman–Crippen LogP) is 5.54. The molecule has 0 fully saturated rings. The van der Waals surface area contributed by atoms with Crippen molar-refractivity contribution in [3.05, 3.63) is 69.1 Å². The maximum atomic E-state index is 6.23. The van der Waals surface area contributed by atoms with Crippen molar-refractivity contribution >= 4 is 41.3 Å². The molecule has 2 aromatic rings. The zero-order valence-corrected chi connectivity index (χ0v) is 17.9. The monoisotopic (exact) mass is 421 g/mol. The molecule has 7 heteroatoms. The van der Waals surface area contributed by atoms with Crippen molar-refractivity contribution in [2.24, 2.45) is 10.9 Å². The number of halogens is 2. The molecule has 1 aliphatic rings. The van der Waals surface area contributed by atoms with Gasteiger partial charge in [-0.15, -0.1) is 0 Å². The van der Waals surface area contributed by atoms with Gasteiger partial charge in [0.05, 0.1) is 0 Å². The Labute approximate surface area is 174 Å². The smallest absolute Gasteiger partial charge is 0.201 e. The van der Waals surface area contributed by atoms with E-state index in [0.717, 1.165) is 23.8 Å². The van der Waals surface area contributed by atoms with Crippen molar-refractivity contribution in [3.8, 4) is 0 Å². The molecular weight excluding hydrogens is 399 g/mol. The topological polar surface area (TPSA) is 37.3 Å². The number of aromatic nitrogens is 1. The van der Waals surface area contributed by atoms with Gasteiger partial charge in [0.15, 0.2) is 6.34 Å². The number of benzene rings is 1. The van der Waals surface area contributed by atoms with Crippen LogP contribution in [0.2, 0.25) is 10.0 Å². The number of quaternary nitrogens is 1. The molecule has 1 unspecified atom stereocenters. The Bertz CT molecular complexity index is 847. The van der Waals surface area contributed by atoms with E-state index >= 15 is 0 Å². The van der Waals surface area contributed by atoms with Gasteiger partial charge in [-0.3, -0.25) is 10.3 Å². The third-order valence-corrected chi connectivity index (χ3v) is 5.97. The quantitative estimate of drug-likeness (QED) is 0.596. The molecule has 1 N–H and O–H groups in total. The summed E-state index contributed by atoms with van der Waals surface area (Å²) in [5, 5.41) is 5.80. The van der Waals surface area contributed by atoms with Gasteiger partial charge < -0.3 is 0 Å². The zero-order valence-electron chi connectivity index (χ0n) is 15.6. The molecule has 1 aliphatic heterocycles. The maximum absolute atomic E-state index is 6.23. The van der Waals surface area contributed by atoms with Crippen molar-refractivity contribution in [2.45, 2.75) is 25.3 Å². The van der Waals surface area contributed by atoms with Gasteiger partial charge in [-0.25, -0.2) is 9.48 Å². The Morgan fingerprint density at radius 1 is 1.11 bits per heavy atom. The number of aliphatic imine (C=N–C) groups is 1. The summed E-state index contributed by atoms with van der Waals surface area (Å²) in [6, 6.07) is 9.75. The van der Waals surface area contributed by atoms with Gasteiger partial charge >= 0.3 is 0 Å². The van der Waals surface area contributed by atoms with Crippen LogP contribution < -0.4 is 5.32 Å². The molecular formula is C20H23Cl2N4S+. The Hall–Kier alpha value is -1.37. The highest BCUT2D eigenvalue weighted by Gasteiger charge is 2.40. The SMILES string of the molecule is CNC[N+]1(Cc2ccncc2)C=NC(C(C)C)=C1Sc1cc(Cl)cc(Cl)c1. The Balaban J connectivity index is 2.04. The van der Waals surface area contributed by atoms with E-state index < -0.39 is 0 Å². The normalized spacial score (nSPS) is 19.3. The highest BCUT2D eigenvalue weighted by Crippen LogP contribution is 2.43. The van der Waals surface area contributed by atoms with Crippen molar-refractivity contribution in [3.63, 3.8) is 0 Å². The number of allylic oxidation sites excluding steroid dienone is 1. The minimum absolute atomic E-state index is 0.313. The summed E-state index contributed by atoms with van der Waals surface area (Å²) in [5.74, 6) is 0.313. The van der Waals surface area contributed by atoms with E-state index in [1.165, 1.54) is 10.6 Å². The number of nitrogens with zero attached hydrogens (tertiary/aromatic N) is 3. The fourth-order valence-corrected chi connectivity index (χ4v) is 5.13.